The molecule has 0 aliphatic carbocycles. The summed E-state index contributed by atoms with van der Waals surface area (Å²) >= 11 is 7.40. The van der Waals surface area contributed by atoms with Gasteiger partial charge >= 0.3 is 0 Å². The van der Waals surface area contributed by atoms with E-state index in [-0.39, 0.29) is 22.7 Å². The molecule has 2 rings (SSSR count). The molecule has 1 nitrogen and oxygen atoms in total. The van der Waals surface area contributed by atoms with Gasteiger partial charge in [-0.2, -0.15) is 12.6 Å². The molecular weight excluding hydrogens is 346 g/mol. The van der Waals surface area contributed by atoms with Gasteiger partial charge in [-0.05, 0) is 27.6 Å². The van der Waals surface area contributed by atoms with Gasteiger partial charge in [-0.3, -0.25) is 0 Å². The summed E-state index contributed by atoms with van der Waals surface area (Å²) in [4.78, 5) is 0. The van der Waals surface area contributed by atoms with Crippen LogP contribution in [0, 0.1) is 11.6 Å². The predicted molar refractivity (Wildman–Crippen MR) is 82.6 cm³/mol. The highest BCUT2D eigenvalue weighted by atomic mass is 79.9. The lowest BCUT2D eigenvalue weighted by atomic mass is 10.0. The van der Waals surface area contributed by atoms with E-state index < -0.39 is 11.6 Å². The van der Waals surface area contributed by atoms with Crippen molar-refractivity contribution >= 4 is 28.6 Å². The van der Waals surface area contributed by atoms with Crippen LogP contribution in [0.1, 0.15) is 11.5 Å². The number of rotatable bonds is 5. The van der Waals surface area contributed by atoms with Gasteiger partial charge in [0.15, 0.2) is 11.6 Å². The maximum Gasteiger partial charge on any atom is 0.169 e. The third kappa shape index (κ3) is 3.73. The molecule has 0 N–H and O–H groups in total. The van der Waals surface area contributed by atoms with E-state index >= 15 is 0 Å². The molecule has 0 fully saturated rings. The molecule has 0 bridgehead atoms. The van der Waals surface area contributed by atoms with Crippen LogP contribution >= 0.6 is 28.6 Å². The van der Waals surface area contributed by atoms with E-state index in [1.807, 2.05) is 30.3 Å². The van der Waals surface area contributed by atoms with E-state index in [9.17, 15) is 8.78 Å². The third-order valence-electron chi connectivity index (χ3n) is 2.88. The van der Waals surface area contributed by atoms with Crippen molar-refractivity contribution in [2.45, 2.75) is 5.92 Å². The van der Waals surface area contributed by atoms with Crippen LogP contribution in [0.5, 0.6) is 5.75 Å². The number of thiol groups is 1. The smallest absolute Gasteiger partial charge is 0.169 e. The Kier molecular flexibility index (Phi) is 5.43. The highest BCUT2D eigenvalue weighted by Gasteiger charge is 2.15. The molecule has 0 aliphatic rings. The van der Waals surface area contributed by atoms with E-state index in [4.69, 9.17) is 4.74 Å². The van der Waals surface area contributed by atoms with E-state index in [1.54, 1.807) is 0 Å². The lowest BCUT2D eigenvalue weighted by Crippen LogP contribution is -2.13. The SMILES string of the molecule is Fc1cc(F)c(OCC(CS)c2ccccc2)c(Br)c1. The van der Waals surface area contributed by atoms with Crippen LogP contribution in [0.2, 0.25) is 0 Å². The number of hydrogen-bond acceptors (Lipinski definition) is 2. The Morgan fingerprint density at radius 1 is 1.15 bits per heavy atom. The van der Waals surface area contributed by atoms with Crippen LogP contribution in [-0.4, -0.2) is 12.4 Å². The summed E-state index contributed by atoms with van der Waals surface area (Å²) < 4.78 is 32.4. The Balaban J connectivity index is 2.12. The summed E-state index contributed by atoms with van der Waals surface area (Å²) in [7, 11) is 0. The average molecular weight is 359 g/mol. The van der Waals surface area contributed by atoms with Crippen molar-refractivity contribution < 1.29 is 13.5 Å². The maximum atomic E-state index is 13.7. The fraction of sp³-hybridized carbons (Fsp3) is 0.200. The van der Waals surface area contributed by atoms with E-state index in [0.717, 1.165) is 11.6 Å². The van der Waals surface area contributed by atoms with Crippen molar-refractivity contribution in [3.05, 3.63) is 64.1 Å². The second-order valence-electron chi connectivity index (χ2n) is 4.30. The van der Waals surface area contributed by atoms with Crippen LogP contribution in [0.15, 0.2) is 46.9 Å². The largest absolute Gasteiger partial charge is 0.489 e. The molecule has 0 radical (unpaired) electrons. The Morgan fingerprint density at radius 3 is 2.45 bits per heavy atom. The monoisotopic (exact) mass is 358 g/mol. The molecular formula is C15H13BrF2OS. The molecule has 0 amide bonds. The van der Waals surface area contributed by atoms with Crippen LogP contribution in [0.3, 0.4) is 0 Å². The summed E-state index contributed by atoms with van der Waals surface area (Å²) in [6.07, 6.45) is 0. The molecule has 0 aliphatic heterocycles. The first-order valence-corrected chi connectivity index (χ1v) is 7.47. The predicted octanol–water partition coefficient (Wildman–Crippen LogP) is 4.82. The highest BCUT2D eigenvalue weighted by molar-refractivity contribution is 9.10. The van der Waals surface area contributed by atoms with Crippen molar-refractivity contribution in [1.29, 1.82) is 0 Å². The molecule has 5 heteroatoms. The minimum absolute atomic E-state index is 0.0223. The quantitative estimate of drug-likeness (QED) is 0.753. The van der Waals surface area contributed by atoms with E-state index in [0.29, 0.717) is 5.75 Å². The summed E-state index contributed by atoms with van der Waals surface area (Å²) in [5.41, 5.74) is 1.07. The molecule has 0 aromatic heterocycles. The van der Waals surface area contributed by atoms with Gasteiger partial charge in [-0.1, -0.05) is 30.3 Å². The Hall–Kier alpha value is -1.07. The molecule has 0 saturated carbocycles. The number of halogens is 3. The zero-order chi connectivity index (χ0) is 14.5. The molecule has 1 unspecified atom stereocenters. The third-order valence-corrected chi connectivity index (χ3v) is 3.91. The van der Waals surface area contributed by atoms with Crippen molar-refractivity contribution in [1.82, 2.24) is 0 Å². The Bertz CT molecular complexity index is 554. The minimum Gasteiger partial charge on any atom is -0.489 e. The molecule has 1 atom stereocenters. The standard InChI is InChI=1S/C15H13BrF2OS/c16-13-6-12(17)7-14(18)15(13)19-8-11(9-20)10-4-2-1-3-5-10/h1-7,11,20H,8-9H2. The molecule has 0 saturated heterocycles. The maximum absolute atomic E-state index is 13.7. The Morgan fingerprint density at radius 2 is 1.85 bits per heavy atom. The molecule has 106 valence electrons. The highest BCUT2D eigenvalue weighted by Crippen LogP contribution is 2.30. The molecule has 2 aromatic carbocycles. The first kappa shape index (κ1) is 15.3. The van der Waals surface area contributed by atoms with Crippen LogP contribution < -0.4 is 4.74 Å². The van der Waals surface area contributed by atoms with Gasteiger partial charge in [-0.15, -0.1) is 0 Å². The van der Waals surface area contributed by atoms with Crippen molar-refractivity contribution in [2.75, 3.05) is 12.4 Å². The number of benzene rings is 2. The van der Waals surface area contributed by atoms with Crippen LogP contribution in [0.4, 0.5) is 8.78 Å². The van der Waals surface area contributed by atoms with Crippen molar-refractivity contribution in [3.8, 4) is 5.75 Å². The molecule has 20 heavy (non-hydrogen) atoms. The fourth-order valence-electron chi connectivity index (χ4n) is 1.83. The number of hydrogen-bond donors (Lipinski definition) is 1. The van der Waals surface area contributed by atoms with E-state index in [1.165, 1.54) is 6.07 Å². The van der Waals surface area contributed by atoms with Gasteiger partial charge in [0, 0.05) is 17.7 Å². The summed E-state index contributed by atoms with van der Waals surface area (Å²) in [6, 6.07) is 11.7. The van der Waals surface area contributed by atoms with Gasteiger partial charge in [0.25, 0.3) is 0 Å². The minimum atomic E-state index is -0.720. The summed E-state index contributed by atoms with van der Waals surface area (Å²) in [5, 5.41) is 0. The lowest BCUT2D eigenvalue weighted by Gasteiger charge is -2.17. The van der Waals surface area contributed by atoms with Crippen LogP contribution in [0.25, 0.3) is 0 Å². The molecule has 0 spiro atoms. The molecule has 2 aromatic rings. The van der Waals surface area contributed by atoms with Gasteiger partial charge < -0.3 is 4.74 Å². The van der Waals surface area contributed by atoms with Gasteiger partial charge in [-0.25, -0.2) is 8.78 Å². The zero-order valence-corrected chi connectivity index (χ0v) is 13.0. The zero-order valence-electron chi connectivity index (χ0n) is 10.5. The second-order valence-corrected chi connectivity index (χ2v) is 5.52. The number of ether oxygens (including phenoxy) is 1. The second kappa shape index (κ2) is 7.09. The van der Waals surface area contributed by atoms with Crippen molar-refractivity contribution in [3.63, 3.8) is 0 Å². The normalized spacial score (nSPS) is 12.2. The van der Waals surface area contributed by atoms with Crippen molar-refractivity contribution in [2.24, 2.45) is 0 Å². The lowest BCUT2D eigenvalue weighted by molar-refractivity contribution is 0.281. The van der Waals surface area contributed by atoms with Crippen LogP contribution in [-0.2, 0) is 0 Å². The topological polar surface area (TPSA) is 9.23 Å². The average Bonchev–Trinajstić information content (AvgIpc) is 2.43. The molecule has 0 heterocycles. The summed E-state index contributed by atoms with van der Waals surface area (Å²) in [6.45, 7) is 0.272. The van der Waals surface area contributed by atoms with Gasteiger partial charge in [0.05, 0.1) is 11.1 Å². The van der Waals surface area contributed by atoms with Gasteiger partial charge in [0.1, 0.15) is 5.82 Å². The summed E-state index contributed by atoms with van der Waals surface area (Å²) in [5.74, 6) is -0.729. The fourth-order valence-corrected chi connectivity index (χ4v) is 2.67. The Labute approximate surface area is 130 Å². The van der Waals surface area contributed by atoms with Gasteiger partial charge in [0.2, 0.25) is 0 Å². The first-order chi connectivity index (χ1) is 9.61. The van der Waals surface area contributed by atoms with E-state index in [2.05, 4.69) is 28.6 Å². The first-order valence-electron chi connectivity index (χ1n) is 6.05.